The highest BCUT2D eigenvalue weighted by Crippen LogP contribution is 2.34. The van der Waals surface area contributed by atoms with Crippen LogP contribution in [0.25, 0.3) is 5.69 Å². The predicted molar refractivity (Wildman–Crippen MR) is 150 cm³/mol. The van der Waals surface area contributed by atoms with Gasteiger partial charge in [-0.05, 0) is 78.2 Å². The van der Waals surface area contributed by atoms with Gasteiger partial charge in [-0.2, -0.15) is 9.78 Å². The van der Waals surface area contributed by atoms with Crippen molar-refractivity contribution in [1.29, 1.82) is 0 Å². The maximum absolute atomic E-state index is 13.2. The van der Waals surface area contributed by atoms with Gasteiger partial charge in [-0.15, -0.1) is 0 Å². The largest absolute Gasteiger partial charge is 0.496 e. The van der Waals surface area contributed by atoms with Crippen LogP contribution in [0.15, 0.2) is 44.4 Å². The van der Waals surface area contributed by atoms with Gasteiger partial charge in [-0.25, -0.2) is 4.79 Å². The molecule has 1 fully saturated rings. The van der Waals surface area contributed by atoms with Crippen molar-refractivity contribution in [2.45, 2.75) is 20.8 Å². The van der Waals surface area contributed by atoms with Crippen molar-refractivity contribution in [1.82, 2.24) is 24.6 Å². The second-order valence-corrected chi connectivity index (χ2v) is 10.1. The number of hydrogen-bond donors (Lipinski definition) is 1. The Labute approximate surface area is 238 Å². The molecule has 0 bridgehead atoms. The molecule has 0 unspecified atom stereocenters. The molecule has 3 aromatic rings. The van der Waals surface area contributed by atoms with Crippen LogP contribution in [0, 0.1) is 13.8 Å². The zero-order chi connectivity index (χ0) is 29.0. The Morgan fingerprint density at radius 2 is 1.73 bits per heavy atom. The van der Waals surface area contributed by atoms with Crippen LogP contribution < -0.4 is 20.7 Å². The maximum atomic E-state index is 13.2. The molecule has 0 saturated carbocycles. The van der Waals surface area contributed by atoms with Crippen molar-refractivity contribution in [3.8, 4) is 22.9 Å². The topological polar surface area (TPSA) is 136 Å². The molecule has 2 aromatic carbocycles. The molecule has 12 nitrogen and oxygen atoms in total. The number of halogens is 1. The third-order valence-corrected chi connectivity index (χ3v) is 7.00. The van der Waals surface area contributed by atoms with E-state index >= 15 is 0 Å². The molecular formula is C27H30BrN5O7. The van der Waals surface area contributed by atoms with Crippen LogP contribution in [0.5, 0.6) is 17.2 Å². The second-order valence-electron chi connectivity index (χ2n) is 9.20. The van der Waals surface area contributed by atoms with Crippen LogP contribution in [0.2, 0.25) is 0 Å². The molecule has 1 amide bonds. The molecule has 1 N–H and O–H groups in total. The van der Waals surface area contributed by atoms with Crippen LogP contribution in [0.1, 0.15) is 28.5 Å². The van der Waals surface area contributed by atoms with Gasteiger partial charge in [0.05, 0.1) is 30.4 Å². The molecule has 13 heteroatoms. The highest BCUT2D eigenvalue weighted by molar-refractivity contribution is 9.10. The van der Waals surface area contributed by atoms with E-state index in [0.717, 1.165) is 9.15 Å². The summed E-state index contributed by atoms with van der Waals surface area (Å²) in [6.45, 7) is 7.29. The fraction of sp³-hybridized carbons (Fsp3) is 0.370. The van der Waals surface area contributed by atoms with Gasteiger partial charge in [-0.1, -0.05) is 0 Å². The van der Waals surface area contributed by atoms with Gasteiger partial charge in [-0.3, -0.25) is 24.3 Å². The summed E-state index contributed by atoms with van der Waals surface area (Å²) in [5, 5.41) is 4.16. The predicted octanol–water partition coefficient (Wildman–Crippen LogP) is 2.42. The normalized spacial score (nSPS) is 13.7. The number of piperazine rings is 1. The lowest BCUT2D eigenvalue weighted by Gasteiger charge is -2.33. The van der Waals surface area contributed by atoms with Gasteiger partial charge in [0.1, 0.15) is 17.2 Å². The van der Waals surface area contributed by atoms with Crippen molar-refractivity contribution < 1.29 is 23.8 Å². The lowest BCUT2D eigenvalue weighted by Crippen LogP contribution is -2.51. The van der Waals surface area contributed by atoms with Gasteiger partial charge in [0, 0.05) is 26.2 Å². The molecule has 4 rings (SSSR count). The Bertz CT molecular complexity index is 1520. The number of ether oxygens (including phenoxy) is 3. The summed E-state index contributed by atoms with van der Waals surface area (Å²) in [5.41, 5.74) is -0.226. The highest BCUT2D eigenvalue weighted by Gasteiger charge is 2.27. The lowest BCUT2D eigenvalue weighted by atomic mass is 10.1. The van der Waals surface area contributed by atoms with Gasteiger partial charge in [0.25, 0.3) is 11.5 Å². The van der Waals surface area contributed by atoms with Crippen LogP contribution >= 0.6 is 15.9 Å². The average molecular weight is 616 g/mol. The number of esters is 1. The number of nitrogens with one attached hydrogen (secondary N) is 1. The minimum absolute atomic E-state index is 0.133. The van der Waals surface area contributed by atoms with Crippen molar-refractivity contribution in [2.75, 3.05) is 46.4 Å². The summed E-state index contributed by atoms with van der Waals surface area (Å²) >= 11 is 3.45. The Balaban J connectivity index is 1.55. The molecule has 0 radical (unpaired) electrons. The number of carbonyl (C=O) groups excluding carboxylic acids is 2. The molecule has 1 aliphatic rings. The molecule has 1 aromatic heterocycles. The first kappa shape index (κ1) is 29.0. The van der Waals surface area contributed by atoms with Gasteiger partial charge < -0.3 is 19.1 Å². The van der Waals surface area contributed by atoms with E-state index < -0.39 is 22.9 Å². The first-order chi connectivity index (χ1) is 19.1. The van der Waals surface area contributed by atoms with Gasteiger partial charge >= 0.3 is 11.7 Å². The fourth-order valence-electron chi connectivity index (χ4n) is 4.40. The first-order valence-corrected chi connectivity index (χ1v) is 13.4. The smallest absolute Gasteiger partial charge is 0.349 e. The van der Waals surface area contributed by atoms with E-state index in [1.165, 1.54) is 4.90 Å². The number of aryl methyl sites for hydroxylation is 2. The van der Waals surface area contributed by atoms with E-state index in [2.05, 4.69) is 26.0 Å². The summed E-state index contributed by atoms with van der Waals surface area (Å²) in [6, 6.07) is 8.72. The van der Waals surface area contributed by atoms with E-state index in [4.69, 9.17) is 14.2 Å². The Morgan fingerprint density at radius 1 is 1.05 bits per heavy atom. The third-order valence-electron chi connectivity index (χ3n) is 6.38. The van der Waals surface area contributed by atoms with E-state index in [9.17, 15) is 19.2 Å². The van der Waals surface area contributed by atoms with Gasteiger partial charge in [0.15, 0.2) is 0 Å². The zero-order valence-corrected chi connectivity index (χ0v) is 24.2. The summed E-state index contributed by atoms with van der Waals surface area (Å²) < 4.78 is 18.1. The summed E-state index contributed by atoms with van der Waals surface area (Å²) in [7, 11) is 1.58. The van der Waals surface area contributed by atoms with E-state index in [-0.39, 0.29) is 12.5 Å². The Morgan fingerprint density at radius 3 is 2.33 bits per heavy atom. The molecule has 40 heavy (non-hydrogen) atoms. The maximum Gasteiger partial charge on any atom is 0.349 e. The number of methoxy groups -OCH3 is 1. The molecule has 212 valence electrons. The number of carbonyl (C=O) groups is 2. The monoisotopic (exact) mass is 615 g/mol. The molecule has 0 atom stereocenters. The van der Waals surface area contributed by atoms with Crippen molar-refractivity contribution in [2.24, 2.45) is 0 Å². The lowest BCUT2D eigenvalue weighted by molar-refractivity contribution is -0.144. The van der Waals surface area contributed by atoms with Crippen LogP contribution in [-0.2, 0) is 9.53 Å². The van der Waals surface area contributed by atoms with Crippen LogP contribution in [0.4, 0.5) is 0 Å². The minimum Gasteiger partial charge on any atom is -0.496 e. The van der Waals surface area contributed by atoms with Crippen molar-refractivity contribution >= 4 is 27.8 Å². The van der Waals surface area contributed by atoms with E-state index in [1.807, 2.05) is 18.7 Å². The molecule has 0 aliphatic carbocycles. The zero-order valence-electron chi connectivity index (χ0n) is 22.7. The van der Waals surface area contributed by atoms with E-state index in [1.54, 1.807) is 44.4 Å². The number of aromatic nitrogens is 3. The average Bonchev–Trinajstić information content (AvgIpc) is 2.91. The van der Waals surface area contributed by atoms with Crippen molar-refractivity contribution in [3.05, 3.63) is 72.5 Å². The second kappa shape index (κ2) is 12.5. The minimum atomic E-state index is -0.862. The number of hydrogen-bond acceptors (Lipinski definition) is 9. The number of nitrogens with zero attached hydrogens (tertiary/aromatic N) is 4. The number of amides is 1. The fourth-order valence-corrected chi connectivity index (χ4v) is 4.92. The Hall–Kier alpha value is -3.97. The Kier molecular flexibility index (Phi) is 9.05. The standard InChI is InChI=1S/C27H30BrN5O7/c1-5-39-22(34)15-31-8-10-32(11-9-31)26(36)23-25(35)29-27(37)33(30-23)18-12-16(2)24(17(3)13-18)40-19-6-7-21(38-4)20(28)14-19/h6-7,12-14H,5,8-11,15H2,1-4H3,(H,29,35,37). The molecule has 1 saturated heterocycles. The quantitative estimate of drug-likeness (QED) is 0.379. The third kappa shape index (κ3) is 6.42. The van der Waals surface area contributed by atoms with Gasteiger partial charge in [0.2, 0.25) is 5.69 Å². The number of rotatable bonds is 8. The van der Waals surface area contributed by atoms with Crippen LogP contribution in [0.3, 0.4) is 0 Å². The summed E-state index contributed by atoms with van der Waals surface area (Å²) in [4.78, 5) is 55.8. The van der Waals surface area contributed by atoms with E-state index in [0.29, 0.717) is 66.8 Å². The highest BCUT2D eigenvalue weighted by atomic mass is 79.9. The summed E-state index contributed by atoms with van der Waals surface area (Å²) in [5.74, 6) is 0.927. The molecule has 2 heterocycles. The number of benzene rings is 2. The molecule has 0 spiro atoms. The number of H-pyrrole nitrogens is 1. The molecule has 1 aliphatic heterocycles. The summed E-state index contributed by atoms with van der Waals surface area (Å²) in [6.07, 6.45) is 0. The molecular weight excluding hydrogens is 586 g/mol. The van der Waals surface area contributed by atoms with Crippen LogP contribution in [-0.4, -0.2) is 82.9 Å². The SMILES string of the molecule is CCOC(=O)CN1CCN(C(=O)c2nn(-c3cc(C)c(Oc4ccc(OC)c(Br)c4)c(C)c3)c(=O)[nH]c2=O)CC1. The van der Waals surface area contributed by atoms with Crippen molar-refractivity contribution in [3.63, 3.8) is 0 Å². The first-order valence-electron chi connectivity index (χ1n) is 12.6. The number of aromatic amines is 1.